The summed E-state index contributed by atoms with van der Waals surface area (Å²) in [6, 6.07) is 7.15. The fourth-order valence-corrected chi connectivity index (χ4v) is 5.49. The van der Waals surface area contributed by atoms with Gasteiger partial charge in [-0.05, 0) is 56.2 Å². The van der Waals surface area contributed by atoms with E-state index < -0.39 is 10.0 Å². The van der Waals surface area contributed by atoms with Crippen molar-refractivity contribution in [3.8, 4) is 0 Å². The van der Waals surface area contributed by atoms with Crippen molar-refractivity contribution >= 4 is 15.9 Å². The molecule has 0 N–H and O–H groups in total. The summed E-state index contributed by atoms with van der Waals surface area (Å²) >= 11 is 0. The van der Waals surface area contributed by atoms with E-state index >= 15 is 0 Å². The lowest BCUT2D eigenvalue weighted by molar-refractivity contribution is -0.130. The zero-order valence-electron chi connectivity index (χ0n) is 19.3. The molecule has 1 aromatic rings. The van der Waals surface area contributed by atoms with Gasteiger partial charge in [0.25, 0.3) is 0 Å². The molecule has 30 heavy (non-hydrogen) atoms. The van der Waals surface area contributed by atoms with Crippen LogP contribution in [-0.2, 0) is 25.0 Å². The number of ether oxygens (including phenoxy) is 1. The normalized spacial score (nSPS) is 16.5. The number of amides is 1. The Morgan fingerprint density at radius 1 is 1.17 bits per heavy atom. The molecule has 170 valence electrons. The highest BCUT2D eigenvalue weighted by Gasteiger charge is 2.34. The Morgan fingerprint density at radius 3 is 2.20 bits per heavy atom. The summed E-state index contributed by atoms with van der Waals surface area (Å²) in [5.41, 5.74) is 1.07. The first kappa shape index (κ1) is 24.8. The van der Waals surface area contributed by atoms with E-state index in [1.165, 1.54) is 0 Å². The van der Waals surface area contributed by atoms with Crippen LogP contribution in [0.15, 0.2) is 29.2 Å². The lowest BCUT2D eigenvalue weighted by atomic mass is 9.87. The molecule has 1 amide bonds. The van der Waals surface area contributed by atoms with Gasteiger partial charge in [0, 0.05) is 39.2 Å². The molecule has 0 aliphatic carbocycles. The topological polar surface area (TPSA) is 66.9 Å². The van der Waals surface area contributed by atoms with Gasteiger partial charge in [-0.1, -0.05) is 32.9 Å². The van der Waals surface area contributed by atoms with Gasteiger partial charge in [0.2, 0.25) is 15.9 Å². The summed E-state index contributed by atoms with van der Waals surface area (Å²) < 4.78 is 34.3. The summed E-state index contributed by atoms with van der Waals surface area (Å²) in [4.78, 5) is 13.8. The number of piperidine rings is 1. The minimum absolute atomic E-state index is 0.0321. The molecule has 0 bridgehead atoms. The van der Waals surface area contributed by atoms with Crippen LogP contribution in [-0.4, -0.2) is 61.9 Å². The third kappa shape index (κ3) is 6.53. The molecule has 0 spiro atoms. The van der Waals surface area contributed by atoms with Crippen molar-refractivity contribution < 1.29 is 17.9 Å². The first-order chi connectivity index (χ1) is 13.9. The van der Waals surface area contributed by atoms with E-state index in [0.717, 1.165) is 5.56 Å². The second-order valence-corrected chi connectivity index (χ2v) is 11.3. The number of likely N-dealkylation sites (tertiary alicyclic amines) is 1. The fourth-order valence-electron chi connectivity index (χ4n) is 3.77. The Labute approximate surface area is 182 Å². The summed E-state index contributed by atoms with van der Waals surface area (Å²) in [5.74, 6) is 0.0472. The van der Waals surface area contributed by atoms with Crippen molar-refractivity contribution in [2.45, 2.75) is 83.3 Å². The molecule has 1 aliphatic heterocycles. The molecular formula is C23H38N2O4S. The fraction of sp³-hybridized carbons (Fsp3) is 0.696. The molecule has 0 saturated carbocycles. The molecule has 0 radical (unpaired) electrons. The van der Waals surface area contributed by atoms with Crippen LogP contribution < -0.4 is 0 Å². The summed E-state index contributed by atoms with van der Waals surface area (Å²) in [5, 5.41) is 0. The van der Waals surface area contributed by atoms with Crippen LogP contribution in [0.2, 0.25) is 0 Å². The van der Waals surface area contributed by atoms with Gasteiger partial charge in [0.15, 0.2) is 0 Å². The molecule has 0 aromatic heterocycles. The number of hydrogen-bond acceptors (Lipinski definition) is 4. The monoisotopic (exact) mass is 438 g/mol. The second kappa shape index (κ2) is 10.2. The van der Waals surface area contributed by atoms with Crippen molar-refractivity contribution in [3.63, 3.8) is 0 Å². The smallest absolute Gasteiger partial charge is 0.243 e. The zero-order valence-corrected chi connectivity index (χ0v) is 20.2. The largest absolute Gasteiger partial charge is 0.379 e. The van der Waals surface area contributed by atoms with E-state index in [0.29, 0.717) is 50.4 Å². The van der Waals surface area contributed by atoms with Crippen LogP contribution in [0.3, 0.4) is 0 Å². The van der Waals surface area contributed by atoms with Gasteiger partial charge in [-0.25, -0.2) is 8.42 Å². The molecule has 1 fully saturated rings. The number of rotatable bonds is 8. The quantitative estimate of drug-likeness (QED) is 0.579. The van der Waals surface area contributed by atoms with E-state index in [-0.39, 0.29) is 23.5 Å². The molecule has 1 aliphatic rings. The number of nitrogens with zero attached hydrogens (tertiary/aromatic N) is 2. The maximum absolute atomic E-state index is 13.5. The molecule has 1 heterocycles. The number of carbonyl (C=O) groups excluding carboxylic acids is 1. The van der Waals surface area contributed by atoms with Crippen molar-refractivity contribution in [3.05, 3.63) is 29.8 Å². The van der Waals surface area contributed by atoms with Gasteiger partial charge >= 0.3 is 0 Å². The van der Waals surface area contributed by atoms with Crippen molar-refractivity contribution in [1.82, 2.24) is 9.21 Å². The Balaban J connectivity index is 2.22. The van der Waals surface area contributed by atoms with E-state index in [2.05, 4.69) is 20.8 Å². The van der Waals surface area contributed by atoms with Crippen LogP contribution in [0.25, 0.3) is 0 Å². The van der Waals surface area contributed by atoms with Crippen molar-refractivity contribution in [2.24, 2.45) is 0 Å². The zero-order chi connectivity index (χ0) is 22.5. The lowest BCUT2D eigenvalue weighted by Crippen LogP contribution is -2.48. The highest BCUT2D eigenvalue weighted by Crippen LogP contribution is 2.28. The van der Waals surface area contributed by atoms with Crippen LogP contribution in [0.4, 0.5) is 0 Å². The van der Waals surface area contributed by atoms with Gasteiger partial charge in [-0.15, -0.1) is 0 Å². The Morgan fingerprint density at radius 2 is 1.73 bits per heavy atom. The number of sulfonamides is 1. The first-order valence-corrected chi connectivity index (χ1v) is 12.4. The van der Waals surface area contributed by atoms with Crippen LogP contribution in [0.1, 0.15) is 66.4 Å². The number of hydrogen-bond donors (Lipinski definition) is 0. The van der Waals surface area contributed by atoms with Crippen LogP contribution in [0.5, 0.6) is 0 Å². The van der Waals surface area contributed by atoms with E-state index in [1.807, 2.05) is 26.0 Å². The van der Waals surface area contributed by atoms with Gasteiger partial charge in [-0.2, -0.15) is 4.31 Å². The summed E-state index contributed by atoms with van der Waals surface area (Å²) in [6.07, 6.45) is 2.08. The average Bonchev–Trinajstić information content (AvgIpc) is 2.67. The lowest BCUT2D eigenvalue weighted by Gasteiger charge is -2.37. The summed E-state index contributed by atoms with van der Waals surface area (Å²) in [7, 11) is -3.63. The van der Waals surface area contributed by atoms with Crippen LogP contribution in [0, 0.1) is 0 Å². The number of benzene rings is 1. The van der Waals surface area contributed by atoms with Gasteiger partial charge in [0.05, 0.1) is 11.0 Å². The van der Waals surface area contributed by atoms with E-state index in [9.17, 15) is 13.2 Å². The van der Waals surface area contributed by atoms with Gasteiger partial charge in [0.1, 0.15) is 0 Å². The minimum Gasteiger partial charge on any atom is -0.379 e. The summed E-state index contributed by atoms with van der Waals surface area (Å²) in [6.45, 7) is 14.0. The third-order valence-corrected chi connectivity index (χ3v) is 7.58. The molecule has 0 unspecified atom stereocenters. The molecule has 6 nitrogen and oxygen atoms in total. The van der Waals surface area contributed by atoms with Gasteiger partial charge < -0.3 is 9.64 Å². The Hall–Kier alpha value is -1.44. The Bertz CT molecular complexity index is 789. The van der Waals surface area contributed by atoms with Crippen molar-refractivity contribution in [1.29, 1.82) is 0 Å². The number of carbonyl (C=O) groups is 1. The van der Waals surface area contributed by atoms with E-state index in [4.69, 9.17) is 4.74 Å². The first-order valence-electron chi connectivity index (χ1n) is 10.9. The second-order valence-electron chi connectivity index (χ2n) is 9.40. The molecule has 1 aromatic carbocycles. The SMILES string of the molecule is CC(=O)N1CCC(N(CCCOC(C)C)S(=O)(=O)c2ccc(C(C)(C)C)cc2)CC1. The predicted octanol–water partition coefficient (Wildman–Crippen LogP) is 3.80. The standard InChI is InChI=1S/C23H38N2O4S/c1-18(2)29-17-7-14-25(21-12-15-24(16-13-21)19(3)26)30(27,28)22-10-8-20(9-11-22)23(4,5)6/h8-11,18,21H,7,12-17H2,1-6H3. The van der Waals surface area contributed by atoms with Crippen LogP contribution >= 0.6 is 0 Å². The minimum atomic E-state index is -3.63. The molecule has 2 rings (SSSR count). The maximum atomic E-state index is 13.5. The van der Waals surface area contributed by atoms with Crippen molar-refractivity contribution in [2.75, 3.05) is 26.2 Å². The molecule has 1 saturated heterocycles. The predicted molar refractivity (Wildman–Crippen MR) is 120 cm³/mol. The Kier molecular flexibility index (Phi) is 8.48. The molecule has 7 heteroatoms. The highest BCUT2D eigenvalue weighted by molar-refractivity contribution is 7.89. The third-order valence-electron chi connectivity index (χ3n) is 5.62. The highest BCUT2D eigenvalue weighted by atomic mass is 32.2. The van der Waals surface area contributed by atoms with E-state index in [1.54, 1.807) is 28.3 Å². The maximum Gasteiger partial charge on any atom is 0.243 e. The molecular weight excluding hydrogens is 400 g/mol. The van der Waals surface area contributed by atoms with Gasteiger partial charge in [-0.3, -0.25) is 4.79 Å². The molecule has 0 atom stereocenters. The average molecular weight is 439 g/mol.